The molecule has 0 saturated carbocycles. The lowest BCUT2D eigenvalue weighted by Crippen LogP contribution is -2.17. The van der Waals surface area contributed by atoms with E-state index in [1.165, 1.54) is 5.39 Å². The van der Waals surface area contributed by atoms with Crippen molar-refractivity contribution in [2.75, 3.05) is 0 Å². The molecule has 0 amide bonds. The van der Waals surface area contributed by atoms with Crippen molar-refractivity contribution in [2.45, 2.75) is 6.54 Å². The molecule has 260 valence electrons. The Balaban J connectivity index is 1.09. The van der Waals surface area contributed by atoms with Gasteiger partial charge in [-0.1, -0.05) is 127 Å². The number of amidine groups is 2. The van der Waals surface area contributed by atoms with Gasteiger partial charge in [-0.3, -0.25) is 4.99 Å². The van der Waals surface area contributed by atoms with Crippen LogP contribution in [0.5, 0.6) is 0 Å². The molecule has 6 nitrogen and oxygen atoms in total. The second-order valence-electron chi connectivity index (χ2n) is 13.8. The number of aliphatic imine (C=N–C) groups is 2. The first kappa shape index (κ1) is 31.1. The molecule has 0 unspecified atom stereocenters. The van der Waals surface area contributed by atoms with E-state index in [9.17, 15) is 0 Å². The van der Waals surface area contributed by atoms with Crippen LogP contribution in [0.1, 0.15) is 16.7 Å². The predicted molar refractivity (Wildman–Crippen MR) is 225 cm³/mol. The molecule has 3 aromatic heterocycles. The number of hydrogen-bond acceptors (Lipinski definition) is 4. The fraction of sp³-hybridized carbons (Fsp3) is 0.0204. The van der Waals surface area contributed by atoms with Gasteiger partial charge in [-0.15, -0.1) is 0 Å². The van der Waals surface area contributed by atoms with Crippen LogP contribution in [0.2, 0.25) is 0 Å². The van der Waals surface area contributed by atoms with Crippen LogP contribution in [0.15, 0.2) is 187 Å². The van der Waals surface area contributed by atoms with Crippen molar-refractivity contribution in [3.8, 4) is 11.1 Å². The summed E-state index contributed by atoms with van der Waals surface area (Å²) in [5.74, 6) is 0.857. The number of benzene rings is 8. The topological polar surface area (TPSA) is 90.2 Å². The summed E-state index contributed by atoms with van der Waals surface area (Å²) in [7, 11) is 0. The normalized spacial score (nSPS) is 12.7. The number of rotatable bonds is 5. The highest BCUT2D eigenvalue weighted by molar-refractivity contribution is 6.25. The van der Waals surface area contributed by atoms with Crippen molar-refractivity contribution in [3.05, 3.63) is 180 Å². The van der Waals surface area contributed by atoms with Crippen molar-refractivity contribution in [3.63, 3.8) is 0 Å². The van der Waals surface area contributed by atoms with Gasteiger partial charge in [0.25, 0.3) is 0 Å². The molecular weight excluding hydrogens is 679 g/mol. The van der Waals surface area contributed by atoms with E-state index in [0.717, 1.165) is 99.0 Å². The van der Waals surface area contributed by atoms with Crippen LogP contribution in [-0.4, -0.2) is 11.7 Å². The van der Waals surface area contributed by atoms with Crippen LogP contribution < -0.4 is 5.73 Å². The number of nitrogens with zero attached hydrogens (tertiary/aromatic N) is 2. The maximum Gasteiger partial charge on any atom is 0.158 e. The number of fused-ring (bicyclic) bond motifs is 10. The number of furan rings is 3. The third kappa shape index (κ3) is 5.03. The van der Waals surface area contributed by atoms with Crippen molar-refractivity contribution >= 4 is 88.3 Å². The van der Waals surface area contributed by atoms with E-state index in [-0.39, 0.29) is 0 Å². The Hall–Kier alpha value is -7.44. The van der Waals surface area contributed by atoms with E-state index in [4.69, 9.17) is 29.0 Å². The molecule has 0 saturated heterocycles. The largest absolute Gasteiger partial charge is 0.456 e. The highest BCUT2D eigenvalue weighted by atomic mass is 16.3. The Morgan fingerprint density at radius 2 is 1.02 bits per heavy atom. The molecule has 0 aliphatic rings. The average molecular weight is 710 g/mol. The Morgan fingerprint density at radius 1 is 0.455 bits per heavy atom. The third-order valence-corrected chi connectivity index (χ3v) is 10.6. The fourth-order valence-corrected chi connectivity index (χ4v) is 8.09. The highest BCUT2D eigenvalue weighted by Crippen LogP contribution is 2.42. The molecule has 55 heavy (non-hydrogen) atoms. The van der Waals surface area contributed by atoms with Crippen LogP contribution >= 0.6 is 0 Å². The minimum absolute atomic E-state index is 0.337. The molecule has 0 spiro atoms. The maximum atomic E-state index is 7.09. The number of hydrogen-bond donors (Lipinski definition) is 1. The van der Waals surface area contributed by atoms with Gasteiger partial charge in [0.1, 0.15) is 39.3 Å². The summed E-state index contributed by atoms with van der Waals surface area (Å²) >= 11 is 0. The molecule has 0 bridgehead atoms. The summed E-state index contributed by atoms with van der Waals surface area (Å²) in [6, 6.07) is 55.4. The van der Waals surface area contributed by atoms with Gasteiger partial charge in [-0.05, 0) is 58.3 Å². The smallest absolute Gasteiger partial charge is 0.158 e. The highest BCUT2D eigenvalue weighted by Gasteiger charge is 2.21. The van der Waals surface area contributed by atoms with Crippen LogP contribution in [0.3, 0.4) is 0 Å². The summed E-state index contributed by atoms with van der Waals surface area (Å²) in [5, 5.41) is 8.26. The molecule has 6 heteroatoms. The molecule has 3 heterocycles. The molecule has 0 aliphatic carbocycles. The monoisotopic (exact) mass is 709 g/mol. The van der Waals surface area contributed by atoms with E-state index >= 15 is 0 Å². The Bertz CT molecular complexity index is 3380. The van der Waals surface area contributed by atoms with E-state index in [2.05, 4.69) is 78.9 Å². The zero-order valence-corrected chi connectivity index (χ0v) is 29.5. The van der Waals surface area contributed by atoms with Crippen molar-refractivity contribution < 1.29 is 13.3 Å². The molecule has 11 rings (SSSR count). The molecule has 0 aliphatic heterocycles. The van der Waals surface area contributed by atoms with Gasteiger partial charge in [0, 0.05) is 49.0 Å². The van der Waals surface area contributed by atoms with Crippen LogP contribution in [0.25, 0.3) is 87.7 Å². The molecule has 2 N–H and O–H groups in total. The van der Waals surface area contributed by atoms with Gasteiger partial charge in [0.2, 0.25) is 0 Å². The quantitative estimate of drug-likeness (QED) is 0.142. The molecule has 8 aromatic carbocycles. The Kier molecular flexibility index (Phi) is 6.97. The van der Waals surface area contributed by atoms with Crippen LogP contribution in [-0.2, 0) is 6.54 Å². The SMILES string of the molecule is NC(=NC(=NCc1ccc2ccccc2c1)c1cccc2oc3ccccc3c12)c1cccc2oc3c(-c4cccc5oc6ccccc6c45)cccc3c12. The van der Waals surface area contributed by atoms with Crippen LogP contribution in [0.4, 0.5) is 0 Å². The van der Waals surface area contributed by atoms with E-state index in [1.807, 2.05) is 84.9 Å². The Morgan fingerprint density at radius 3 is 1.82 bits per heavy atom. The van der Waals surface area contributed by atoms with E-state index in [0.29, 0.717) is 18.2 Å². The van der Waals surface area contributed by atoms with Gasteiger partial charge in [0.15, 0.2) is 5.84 Å². The molecule has 11 aromatic rings. The van der Waals surface area contributed by atoms with Gasteiger partial charge >= 0.3 is 0 Å². The zero-order valence-electron chi connectivity index (χ0n) is 29.5. The lowest BCUT2D eigenvalue weighted by atomic mass is 9.97. The third-order valence-electron chi connectivity index (χ3n) is 10.6. The first-order valence-electron chi connectivity index (χ1n) is 18.3. The summed E-state index contributed by atoms with van der Waals surface area (Å²) < 4.78 is 19.2. The predicted octanol–water partition coefficient (Wildman–Crippen LogP) is 12.6. The first-order chi connectivity index (χ1) is 27.2. The van der Waals surface area contributed by atoms with Gasteiger partial charge < -0.3 is 19.0 Å². The first-order valence-corrected chi connectivity index (χ1v) is 18.3. The fourth-order valence-electron chi connectivity index (χ4n) is 8.09. The lowest BCUT2D eigenvalue weighted by Gasteiger charge is -2.09. The maximum absolute atomic E-state index is 7.09. The minimum atomic E-state index is 0.337. The van der Waals surface area contributed by atoms with Crippen molar-refractivity contribution in [2.24, 2.45) is 15.7 Å². The number of para-hydroxylation sites is 3. The van der Waals surface area contributed by atoms with Gasteiger partial charge in [-0.25, -0.2) is 4.99 Å². The number of nitrogens with two attached hydrogens (primary N) is 1. The Labute approximate surface area is 314 Å². The van der Waals surface area contributed by atoms with E-state index < -0.39 is 0 Å². The molecular formula is C49H31N3O3. The van der Waals surface area contributed by atoms with Crippen LogP contribution in [0, 0.1) is 0 Å². The van der Waals surface area contributed by atoms with Gasteiger partial charge in [-0.2, -0.15) is 0 Å². The lowest BCUT2D eigenvalue weighted by molar-refractivity contribution is 0.668. The summed E-state index contributed by atoms with van der Waals surface area (Å²) in [6.07, 6.45) is 0. The zero-order chi connectivity index (χ0) is 36.5. The molecule has 0 radical (unpaired) electrons. The molecule has 0 fully saturated rings. The summed E-state index contributed by atoms with van der Waals surface area (Å²) in [6.45, 7) is 0.416. The second-order valence-corrected chi connectivity index (χ2v) is 13.8. The minimum Gasteiger partial charge on any atom is -0.456 e. The molecule has 0 atom stereocenters. The standard InChI is InChI=1S/C49H31N3O3/c50-48(37-18-9-24-43-46(37)36-17-7-16-33(47(36)55-43)32-15-8-22-41-44(32)34-13-3-5-20-39(34)53-41)52-49(51-28-29-25-26-30-11-1-2-12-31(30)27-29)38-19-10-23-42-45(38)35-14-4-6-21-40(35)54-42/h1-27H,28H2,(H2,50,51,52). The van der Waals surface area contributed by atoms with E-state index in [1.54, 1.807) is 0 Å². The van der Waals surface area contributed by atoms with Gasteiger partial charge in [0.05, 0.1) is 6.54 Å². The summed E-state index contributed by atoms with van der Waals surface area (Å²) in [4.78, 5) is 10.3. The van der Waals surface area contributed by atoms with Crippen molar-refractivity contribution in [1.82, 2.24) is 0 Å². The van der Waals surface area contributed by atoms with Crippen molar-refractivity contribution in [1.29, 1.82) is 0 Å². The second kappa shape index (κ2) is 12.3. The average Bonchev–Trinajstić information content (AvgIpc) is 3.93. The summed E-state index contributed by atoms with van der Waals surface area (Å²) in [5.41, 5.74) is 16.5.